The highest BCUT2D eigenvalue weighted by Crippen LogP contribution is 2.22. The third-order valence-corrected chi connectivity index (χ3v) is 5.51. The van der Waals surface area contributed by atoms with Crippen LogP contribution in [0.2, 0.25) is 5.02 Å². The third kappa shape index (κ3) is 4.69. The summed E-state index contributed by atoms with van der Waals surface area (Å²) in [6.45, 7) is 6.48. The minimum absolute atomic E-state index is 0.0389. The summed E-state index contributed by atoms with van der Waals surface area (Å²) in [6, 6.07) is 17.3. The number of benzene rings is 2. The van der Waals surface area contributed by atoms with E-state index in [1.165, 1.54) is 0 Å². The van der Waals surface area contributed by atoms with Crippen molar-refractivity contribution in [2.45, 2.75) is 6.92 Å². The van der Waals surface area contributed by atoms with Gasteiger partial charge in [0, 0.05) is 43.1 Å². The number of amides is 1. The standard InChI is InChI=1S/C23H24ClN3O2/c1-17-21(16-18-15-19(24)7-8-22(18)25-17)23(28)27-11-9-26(10-12-27)13-14-29-20-5-3-2-4-6-20/h2-8,15-16H,9-14H2,1H3. The summed E-state index contributed by atoms with van der Waals surface area (Å²) in [4.78, 5) is 21.9. The maximum absolute atomic E-state index is 13.1. The third-order valence-electron chi connectivity index (χ3n) is 5.28. The highest BCUT2D eigenvalue weighted by atomic mass is 35.5. The molecule has 1 aromatic heterocycles. The van der Waals surface area contributed by atoms with Crippen LogP contribution in [-0.4, -0.2) is 60.0 Å². The first-order valence-electron chi connectivity index (χ1n) is 9.86. The lowest BCUT2D eigenvalue weighted by molar-refractivity contribution is 0.0619. The van der Waals surface area contributed by atoms with Crippen molar-refractivity contribution in [1.29, 1.82) is 0 Å². The van der Waals surface area contributed by atoms with Crippen LogP contribution < -0.4 is 4.74 Å². The van der Waals surface area contributed by atoms with E-state index in [1.54, 1.807) is 0 Å². The summed E-state index contributed by atoms with van der Waals surface area (Å²) < 4.78 is 5.78. The molecule has 4 rings (SSSR count). The summed E-state index contributed by atoms with van der Waals surface area (Å²) in [5, 5.41) is 1.54. The zero-order valence-corrected chi connectivity index (χ0v) is 17.2. The van der Waals surface area contributed by atoms with Gasteiger partial charge in [-0.25, -0.2) is 0 Å². The summed E-state index contributed by atoms with van der Waals surface area (Å²) >= 11 is 6.10. The van der Waals surface area contributed by atoms with Gasteiger partial charge in [0.15, 0.2) is 0 Å². The first-order chi connectivity index (χ1) is 14.1. The minimum Gasteiger partial charge on any atom is -0.492 e. The number of piperazine rings is 1. The van der Waals surface area contributed by atoms with Crippen LogP contribution in [0, 0.1) is 6.92 Å². The van der Waals surface area contributed by atoms with E-state index in [0.717, 1.165) is 42.0 Å². The molecule has 150 valence electrons. The molecule has 6 heteroatoms. The number of rotatable bonds is 5. The van der Waals surface area contributed by atoms with E-state index in [2.05, 4.69) is 9.88 Å². The molecule has 0 unspecified atom stereocenters. The molecule has 2 aromatic carbocycles. The van der Waals surface area contributed by atoms with Crippen LogP contribution in [0.1, 0.15) is 16.1 Å². The second kappa shape index (κ2) is 8.80. The van der Waals surface area contributed by atoms with E-state index >= 15 is 0 Å². The van der Waals surface area contributed by atoms with Gasteiger partial charge in [0.05, 0.1) is 16.8 Å². The summed E-state index contributed by atoms with van der Waals surface area (Å²) in [5.74, 6) is 0.928. The molecule has 29 heavy (non-hydrogen) atoms. The van der Waals surface area contributed by atoms with Crippen LogP contribution in [0.15, 0.2) is 54.6 Å². The molecule has 0 bridgehead atoms. The van der Waals surface area contributed by atoms with Crippen LogP contribution in [0.4, 0.5) is 0 Å². The molecule has 0 atom stereocenters. The van der Waals surface area contributed by atoms with Crippen LogP contribution in [0.3, 0.4) is 0 Å². The number of hydrogen-bond acceptors (Lipinski definition) is 4. The number of pyridine rings is 1. The second-order valence-corrected chi connectivity index (χ2v) is 7.69. The zero-order chi connectivity index (χ0) is 20.2. The summed E-state index contributed by atoms with van der Waals surface area (Å²) in [6.07, 6.45) is 0. The van der Waals surface area contributed by atoms with Crippen molar-refractivity contribution in [3.63, 3.8) is 0 Å². The molecule has 0 N–H and O–H groups in total. The molecule has 3 aromatic rings. The lowest BCUT2D eigenvalue weighted by Gasteiger charge is -2.34. The number of carbonyl (C=O) groups excluding carboxylic acids is 1. The van der Waals surface area contributed by atoms with Gasteiger partial charge in [-0.1, -0.05) is 29.8 Å². The van der Waals surface area contributed by atoms with Crippen LogP contribution in [0.5, 0.6) is 5.75 Å². The number of carbonyl (C=O) groups is 1. The van der Waals surface area contributed by atoms with Gasteiger partial charge in [-0.3, -0.25) is 14.7 Å². The number of halogens is 1. The summed E-state index contributed by atoms with van der Waals surface area (Å²) in [5.41, 5.74) is 2.26. The average Bonchev–Trinajstić information content (AvgIpc) is 2.74. The largest absolute Gasteiger partial charge is 0.492 e. The fraction of sp³-hybridized carbons (Fsp3) is 0.304. The van der Waals surface area contributed by atoms with Gasteiger partial charge in [0.2, 0.25) is 0 Å². The fourth-order valence-corrected chi connectivity index (χ4v) is 3.79. The van der Waals surface area contributed by atoms with Gasteiger partial charge in [-0.2, -0.15) is 0 Å². The van der Waals surface area contributed by atoms with E-state index in [4.69, 9.17) is 16.3 Å². The number of aromatic nitrogens is 1. The molecule has 0 aliphatic carbocycles. The highest BCUT2D eigenvalue weighted by molar-refractivity contribution is 6.31. The zero-order valence-electron chi connectivity index (χ0n) is 16.5. The van der Waals surface area contributed by atoms with Gasteiger partial charge < -0.3 is 9.64 Å². The lowest BCUT2D eigenvalue weighted by Crippen LogP contribution is -2.49. The molecule has 1 fully saturated rings. The molecule has 2 heterocycles. The minimum atomic E-state index is 0.0389. The number of fused-ring (bicyclic) bond motifs is 1. The number of hydrogen-bond donors (Lipinski definition) is 0. The topological polar surface area (TPSA) is 45.7 Å². The van der Waals surface area contributed by atoms with Gasteiger partial charge >= 0.3 is 0 Å². The van der Waals surface area contributed by atoms with Crippen molar-refractivity contribution in [1.82, 2.24) is 14.8 Å². The van der Waals surface area contributed by atoms with Crippen molar-refractivity contribution < 1.29 is 9.53 Å². The Hall–Kier alpha value is -2.63. The molecular formula is C23H24ClN3O2. The highest BCUT2D eigenvalue weighted by Gasteiger charge is 2.23. The Kier molecular flexibility index (Phi) is 5.97. The molecule has 1 amide bonds. The predicted octanol–water partition coefficient (Wildman–Crippen LogP) is 4.03. The molecule has 0 radical (unpaired) electrons. The Labute approximate surface area is 175 Å². The van der Waals surface area contributed by atoms with Crippen LogP contribution in [0.25, 0.3) is 10.9 Å². The van der Waals surface area contributed by atoms with Crippen molar-refractivity contribution in [3.05, 3.63) is 70.9 Å². The molecule has 1 aliphatic rings. The van der Waals surface area contributed by atoms with Gasteiger partial charge in [-0.05, 0) is 43.3 Å². The number of para-hydroxylation sites is 1. The Morgan fingerprint density at radius 1 is 1.07 bits per heavy atom. The molecular weight excluding hydrogens is 386 g/mol. The fourth-order valence-electron chi connectivity index (χ4n) is 3.61. The van der Waals surface area contributed by atoms with Crippen molar-refractivity contribution in [3.8, 4) is 5.75 Å². The molecule has 1 saturated heterocycles. The molecule has 0 spiro atoms. The van der Waals surface area contributed by atoms with Crippen LogP contribution in [-0.2, 0) is 0 Å². The van der Waals surface area contributed by atoms with E-state index < -0.39 is 0 Å². The van der Waals surface area contributed by atoms with Crippen molar-refractivity contribution >= 4 is 28.4 Å². The molecule has 5 nitrogen and oxygen atoms in total. The smallest absolute Gasteiger partial charge is 0.255 e. The predicted molar refractivity (Wildman–Crippen MR) is 116 cm³/mol. The monoisotopic (exact) mass is 409 g/mol. The first kappa shape index (κ1) is 19.7. The number of aryl methyl sites for hydroxylation is 1. The van der Waals surface area contributed by atoms with Gasteiger partial charge in [0.25, 0.3) is 5.91 Å². The lowest BCUT2D eigenvalue weighted by atomic mass is 10.1. The van der Waals surface area contributed by atoms with E-state index in [9.17, 15) is 4.79 Å². The second-order valence-electron chi connectivity index (χ2n) is 7.25. The first-order valence-corrected chi connectivity index (χ1v) is 10.2. The maximum Gasteiger partial charge on any atom is 0.255 e. The van der Waals surface area contributed by atoms with E-state index in [0.29, 0.717) is 30.3 Å². The van der Waals surface area contributed by atoms with E-state index in [-0.39, 0.29) is 5.91 Å². The Morgan fingerprint density at radius 3 is 2.59 bits per heavy atom. The number of ether oxygens (including phenoxy) is 1. The quantitative estimate of drug-likeness (QED) is 0.638. The Bertz CT molecular complexity index is 1000. The Balaban J connectivity index is 1.34. The maximum atomic E-state index is 13.1. The van der Waals surface area contributed by atoms with Gasteiger partial charge in [0.1, 0.15) is 12.4 Å². The molecule has 0 saturated carbocycles. The van der Waals surface area contributed by atoms with Crippen LogP contribution >= 0.6 is 11.6 Å². The van der Waals surface area contributed by atoms with Gasteiger partial charge in [-0.15, -0.1) is 0 Å². The average molecular weight is 410 g/mol. The van der Waals surface area contributed by atoms with Crippen molar-refractivity contribution in [2.24, 2.45) is 0 Å². The molecule has 1 aliphatic heterocycles. The normalized spacial score (nSPS) is 14.9. The van der Waals surface area contributed by atoms with Crippen molar-refractivity contribution in [2.75, 3.05) is 39.3 Å². The summed E-state index contributed by atoms with van der Waals surface area (Å²) in [7, 11) is 0. The SMILES string of the molecule is Cc1nc2ccc(Cl)cc2cc1C(=O)N1CCN(CCOc2ccccc2)CC1. The number of nitrogens with zero attached hydrogens (tertiary/aromatic N) is 3. The van der Waals surface area contributed by atoms with E-state index in [1.807, 2.05) is 66.4 Å². The Morgan fingerprint density at radius 2 is 1.83 bits per heavy atom.